The monoisotopic (exact) mass is 274 g/mol. The Labute approximate surface area is 118 Å². The van der Waals surface area contributed by atoms with Gasteiger partial charge in [-0.25, -0.2) is 4.39 Å². The minimum Gasteiger partial charge on any atom is -0.497 e. The van der Waals surface area contributed by atoms with E-state index in [0.717, 1.165) is 11.3 Å². The van der Waals surface area contributed by atoms with Crippen molar-refractivity contribution in [3.05, 3.63) is 53.8 Å². The van der Waals surface area contributed by atoms with Crippen molar-refractivity contribution in [2.45, 2.75) is 13.5 Å². The molecule has 2 aromatic rings. The van der Waals surface area contributed by atoms with Gasteiger partial charge in [0.2, 0.25) is 0 Å². The Bertz CT molecular complexity index is 586. The van der Waals surface area contributed by atoms with Gasteiger partial charge in [-0.2, -0.15) is 0 Å². The minimum atomic E-state index is -0.221. The van der Waals surface area contributed by atoms with Crippen LogP contribution < -0.4 is 15.4 Å². The summed E-state index contributed by atoms with van der Waals surface area (Å²) in [4.78, 5) is 1.95. The summed E-state index contributed by atoms with van der Waals surface area (Å²) in [5.74, 6) is 0.502. The molecule has 0 aliphatic heterocycles. The Morgan fingerprint density at radius 2 is 1.95 bits per heavy atom. The number of methoxy groups -OCH3 is 1. The van der Waals surface area contributed by atoms with Crippen LogP contribution in [-0.2, 0) is 6.54 Å². The largest absolute Gasteiger partial charge is 0.497 e. The number of anilines is 2. The van der Waals surface area contributed by atoms with Gasteiger partial charge in [-0.1, -0.05) is 18.2 Å². The van der Waals surface area contributed by atoms with Gasteiger partial charge in [-0.3, -0.25) is 0 Å². The summed E-state index contributed by atoms with van der Waals surface area (Å²) in [6.45, 7) is 3.26. The first-order chi connectivity index (χ1) is 9.65. The van der Waals surface area contributed by atoms with Crippen LogP contribution in [-0.4, -0.2) is 13.7 Å². The highest BCUT2D eigenvalue weighted by Gasteiger charge is 2.11. The van der Waals surface area contributed by atoms with E-state index in [1.165, 1.54) is 6.07 Å². The number of para-hydroxylation sites is 1. The fourth-order valence-electron chi connectivity index (χ4n) is 2.13. The maximum absolute atomic E-state index is 13.9. The molecule has 0 heterocycles. The summed E-state index contributed by atoms with van der Waals surface area (Å²) >= 11 is 0. The van der Waals surface area contributed by atoms with Crippen LogP contribution in [0.2, 0.25) is 0 Å². The number of nitrogen functional groups attached to an aromatic ring is 1. The van der Waals surface area contributed by atoms with Crippen molar-refractivity contribution >= 4 is 11.4 Å². The molecule has 3 nitrogen and oxygen atoms in total. The maximum atomic E-state index is 13.9. The highest BCUT2D eigenvalue weighted by Crippen LogP contribution is 2.25. The molecule has 0 radical (unpaired) electrons. The molecule has 0 saturated carbocycles. The van der Waals surface area contributed by atoms with E-state index in [4.69, 9.17) is 10.5 Å². The molecule has 0 aromatic heterocycles. The van der Waals surface area contributed by atoms with Gasteiger partial charge >= 0.3 is 0 Å². The molecule has 106 valence electrons. The zero-order valence-corrected chi connectivity index (χ0v) is 11.8. The second-order valence-corrected chi connectivity index (χ2v) is 4.53. The van der Waals surface area contributed by atoms with Crippen LogP contribution in [0.5, 0.6) is 5.75 Å². The summed E-state index contributed by atoms with van der Waals surface area (Å²) in [5.41, 5.74) is 8.21. The fraction of sp³-hybridized carbons (Fsp3) is 0.250. The van der Waals surface area contributed by atoms with Gasteiger partial charge in [-0.05, 0) is 30.7 Å². The molecule has 2 aromatic carbocycles. The van der Waals surface area contributed by atoms with Crippen molar-refractivity contribution in [1.82, 2.24) is 0 Å². The van der Waals surface area contributed by atoms with Gasteiger partial charge in [0.1, 0.15) is 11.6 Å². The molecule has 0 saturated heterocycles. The average molecular weight is 274 g/mol. The van der Waals surface area contributed by atoms with Crippen LogP contribution in [0.25, 0.3) is 0 Å². The van der Waals surface area contributed by atoms with E-state index in [1.807, 2.05) is 30.0 Å². The first kappa shape index (κ1) is 14.2. The molecule has 2 rings (SSSR count). The first-order valence-corrected chi connectivity index (χ1v) is 6.57. The third-order valence-electron chi connectivity index (χ3n) is 3.29. The summed E-state index contributed by atoms with van der Waals surface area (Å²) < 4.78 is 19.0. The summed E-state index contributed by atoms with van der Waals surface area (Å²) in [7, 11) is 1.60. The lowest BCUT2D eigenvalue weighted by Gasteiger charge is -2.24. The summed E-state index contributed by atoms with van der Waals surface area (Å²) in [6.07, 6.45) is 0. The van der Waals surface area contributed by atoms with E-state index in [1.54, 1.807) is 25.3 Å². The van der Waals surface area contributed by atoms with Crippen molar-refractivity contribution in [3.63, 3.8) is 0 Å². The molecule has 0 bridgehead atoms. The lowest BCUT2D eigenvalue weighted by molar-refractivity contribution is 0.415. The zero-order valence-electron chi connectivity index (χ0n) is 11.8. The predicted octanol–water partition coefficient (Wildman–Crippen LogP) is 3.44. The molecule has 0 unspecified atom stereocenters. The predicted molar refractivity (Wildman–Crippen MR) is 80.5 cm³/mol. The minimum absolute atomic E-state index is 0.221. The standard InChI is InChI=1S/C16H19FN2O/c1-3-19(16-7-5-4-6-14(16)17)11-12-8-9-13(20-2)10-15(12)18/h4-10H,3,11,18H2,1-2H3. The molecular formula is C16H19FN2O. The Kier molecular flexibility index (Phi) is 4.45. The molecule has 0 spiro atoms. The van der Waals surface area contributed by atoms with Crippen LogP contribution in [0.4, 0.5) is 15.8 Å². The molecule has 0 atom stereocenters. The van der Waals surface area contributed by atoms with E-state index in [2.05, 4.69) is 0 Å². The normalized spacial score (nSPS) is 10.3. The number of hydrogen-bond donors (Lipinski definition) is 1. The van der Waals surface area contributed by atoms with Crippen molar-refractivity contribution in [2.75, 3.05) is 24.3 Å². The van der Waals surface area contributed by atoms with Gasteiger partial charge in [0.05, 0.1) is 12.8 Å². The van der Waals surface area contributed by atoms with Gasteiger partial charge in [0, 0.05) is 24.8 Å². The number of rotatable bonds is 5. The Morgan fingerprint density at radius 3 is 2.55 bits per heavy atom. The molecule has 20 heavy (non-hydrogen) atoms. The van der Waals surface area contributed by atoms with Crippen LogP contribution in [0.1, 0.15) is 12.5 Å². The zero-order chi connectivity index (χ0) is 14.5. The van der Waals surface area contributed by atoms with Gasteiger partial charge < -0.3 is 15.4 Å². The molecule has 0 aliphatic carbocycles. The van der Waals surface area contributed by atoms with Crippen LogP contribution in [0, 0.1) is 5.82 Å². The smallest absolute Gasteiger partial charge is 0.146 e. The lowest BCUT2D eigenvalue weighted by Crippen LogP contribution is -2.23. The number of nitrogens with two attached hydrogens (primary N) is 1. The molecular weight excluding hydrogens is 255 g/mol. The highest BCUT2D eigenvalue weighted by atomic mass is 19.1. The number of benzene rings is 2. The third-order valence-corrected chi connectivity index (χ3v) is 3.29. The molecule has 0 amide bonds. The fourth-order valence-corrected chi connectivity index (χ4v) is 2.13. The average Bonchev–Trinajstić information content (AvgIpc) is 2.47. The van der Waals surface area contributed by atoms with E-state index >= 15 is 0 Å². The number of halogens is 1. The topological polar surface area (TPSA) is 38.5 Å². The SMILES string of the molecule is CCN(Cc1ccc(OC)cc1N)c1ccccc1F. The second-order valence-electron chi connectivity index (χ2n) is 4.53. The molecule has 0 fully saturated rings. The van der Waals surface area contributed by atoms with Gasteiger partial charge in [0.15, 0.2) is 0 Å². The van der Waals surface area contributed by atoms with E-state index in [0.29, 0.717) is 24.5 Å². The Morgan fingerprint density at radius 1 is 1.20 bits per heavy atom. The van der Waals surface area contributed by atoms with Crippen molar-refractivity contribution in [3.8, 4) is 5.75 Å². The third kappa shape index (κ3) is 3.02. The Hall–Kier alpha value is -2.23. The molecule has 0 aliphatic rings. The number of ether oxygens (including phenoxy) is 1. The van der Waals surface area contributed by atoms with Crippen LogP contribution in [0.3, 0.4) is 0 Å². The summed E-state index contributed by atoms with van der Waals surface area (Å²) in [6, 6.07) is 12.3. The lowest BCUT2D eigenvalue weighted by atomic mass is 10.1. The van der Waals surface area contributed by atoms with Gasteiger partial charge in [0.25, 0.3) is 0 Å². The molecule has 4 heteroatoms. The Balaban J connectivity index is 2.25. The maximum Gasteiger partial charge on any atom is 0.146 e. The highest BCUT2D eigenvalue weighted by molar-refractivity contribution is 5.55. The van der Waals surface area contributed by atoms with Crippen molar-refractivity contribution in [1.29, 1.82) is 0 Å². The van der Waals surface area contributed by atoms with Crippen molar-refractivity contribution in [2.24, 2.45) is 0 Å². The van der Waals surface area contributed by atoms with Gasteiger partial charge in [-0.15, -0.1) is 0 Å². The van der Waals surface area contributed by atoms with E-state index in [-0.39, 0.29) is 5.82 Å². The molecule has 2 N–H and O–H groups in total. The van der Waals surface area contributed by atoms with Crippen molar-refractivity contribution < 1.29 is 9.13 Å². The second kappa shape index (κ2) is 6.28. The van der Waals surface area contributed by atoms with Crippen LogP contribution in [0.15, 0.2) is 42.5 Å². The first-order valence-electron chi connectivity index (χ1n) is 6.57. The van der Waals surface area contributed by atoms with Crippen LogP contribution >= 0.6 is 0 Å². The quantitative estimate of drug-likeness (QED) is 0.849. The summed E-state index contributed by atoms with van der Waals surface area (Å²) in [5, 5.41) is 0. The van der Waals surface area contributed by atoms with E-state index in [9.17, 15) is 4.39 Å². The number of nitrogens with zero attached hydrogens (tertiary/aromatic N) is 1. The van der Waals surface area contributed by atoms with E-state index < -0.39 is 0 Å². The number of hydrogen-bond acceptors (Lipinski definition) is 3.